The molecule has 0 fully saturated rings. The van der Waals surface area contributed by atoms with E-state index in [4.69, 9.17) is 0 Å². The molecular formula is C19H19N3O3. The van der Waals surface area contributed by atoms with E-state index in [9.17, 15) is 14.7 Å². The first-order valence-corrected chi connectivity index (χ1v) is 8.14. The first-order valence-electron chi connectivity index (χ1n) is 8.14. The van der Waals surface area contributed by atoms with Crippen LogP contribution in [0.15, 0.2) is 53.6 Å². The number of hydrogen-bond acceptors (Lipinski definition) is 4. The van der Waals surface area contributed by atoms with Gasteiger partial charge in [0.2, 0.25) is 5.91 Å². The Morgan fingerprint density at radius 3 is 2.64 bits per heavy atom. The summed E-state index contributed by atoms with van der Waals surface area (Å²) in [5, 5.41) is 16.7. The third-order valence-electron chi connectivity index (χ3n) is 4.20. The van der Waals surface area contributed by atoms with Gasteiger partial charge in [0, 0.05) is 18.0 Å². The normalized spacial score (nSPS) is 16.8. The summed E-state index contributed by atoms with van der Waals surface area (Å²) in [7, 11) is 0. The molecule has 6 nitrogen and oxygen atoms in total. The van der Waals surface area contributed by atoms with Crippen molar-refractivity contribution < 1.29 is 14.7 Å². The maximum atomic E-state index is 12.2. The number of hydrogen-bond donors (Lipinski definition) is 3. The second-order valence-electron chi connectivity index (χ2n) is 5.89. The zero-order valence-corrected chi connectivity index (χ0v) is 13.8. The fourth-order valence-corrected chi connectivity index (χ4v) is 2.81. The minimum Gasteiger partial charge on any atom is -0.507 e. The zero-order chi connectivity index (χ0) is 17.8. The second kappa shape index (κ2) is 7.17. The highest BCUT2D eigenvalue weighted by Gasteiger charge is 2.24. The van der Waals surface area contributed by atoms with E-state index in [0.717, 1.165) is 17.7 Å². The first-order chi connectivity index (χ1) is 12.1. The fraction of sp³-hybridized carbons (Fsp3) is 0.211. The first kappa shape index (κ1) is 16.7. The van der Waals surface area contributed by atoms with Gasteiger partial charge in [0.25, 0.3) is 5.91 Å². The Kier molecular flexibility index (Phi) is 4.79. The summed E-state index contributed by atoms with van der Waals surface area (Å²) < 4.78 is 0. The number of phenolic OH excluding ortho intramolecular Hbond substituents is 1. The third kappa shape index (κ3) is 3.68. The lowest BCUT2D eigenvalue weighted by molar-refractivity contribution is -0.122. The van der Waals surface area contributed by atoms with Crippen molar-refractivity contribution in [3.8, 4) is 5.75 Å². The molecule has 25 heavy (non-hydrogen) atoms. The van der Waals surface area contributed by atoms with E-state index >= 15 is 0 Å². The van der Waals surface area contributed by atoms with Crippen LogP contribution in [0.5, 0.6) is 5.75 Å². The smallest absolute Gasteiger partial charge is 0.259 e. The van der Waals surface area contributed by atoms with Crippen molar-refractivity contribution in [1.82, 2.24) is 5.43 Å². The number of hydrazone groups is 1. The van der Waals surface area contributed by atoms with Crippen molar-refractivity contribution >= 4 is 23.2 Å². The summed E-state index contributed by atoms with van der Waals surface area (Å²) in [6.45, 7) is 2.03. The lowest BCUT2D eigenvalue weighted by atomic mass is 9.90. The number of rotatable bonds is 4. The molecule has 0 spiro atoms. The molecule has 1 heterocycles. The number of nitrogens with one attached hydrogen (secondary N) is 2. The molecule has 1 aliphatic heterocycles. The summed E-state index contributed by atoms with van der Waals surface area (Å²) in [6, 6.07) is 13.7. The number of aromatic hydroxyl groups is 1. The van der Waals surface area contributed by atoms with Gasteiger partial charge in [-0.05, 0) is 36.2 Å². The van der Waals surface area contributed by atoms with Gasteiger partial charge >= 0.3 is 0 Å². The van der Waals surface area contributed by atoms with Gasteiger partial charge in [-0.2, -0.15) is 5.10 Å². The van der Waals surface area contributed by atoms with Gasteiger partial charge in [-0.25, -0.2) is 5.43 Å². The summed E-state index contributed by atoms with van der Waals surface area (Å²) in [4.78, 5) is 23.7. The number of amides is 2. The number of nitrogens with zero attached hydrogens (tertiary/aromatic N) is 1. The van der Waals surface area contributed by atoms with Crippen molar-refractivity contribution in [3.63, 3.8) is 0 Å². The Hall–Kier alpha value is -3.15. The Labute approximate surface area is 145 Å². The molecule has 2 amide bonds. The largest absolute Gasteiger partial charge is 0.507 e. The van der Waals surface area contributed by atoms with Crippen LogP contribution in [-0.2, 0) is 4.79 Å². The monoisotopic (exact) mass is 337 g/mol. The van der Waals surface area contributed by atoms with E-state index in [0.29, 0.717) is 12.1 Å². The molecule has 1 atom stereocenters. The van der Waals surface area contributed by atoms with E-state index < -0.39 is 0 Å². The van der Waals surface area contributed by atoms with Gasteiger partial charge in [0.15, 0.2) is 0 Å². The van der Waals surface area contributed by atoms with Gasteiger partial charge < -0.3 is 10.4 Å². The van der Waals surface area contributed by atoms with Gasteiger partial charge in [0.05, 0.1) is 11.3 Å². The molecule has 1 unspecified atom stereocenters. The molecule has 128 valence electrons. The molecule has 1 aliphatic rings. The fourth-order valence-electron chi connectivity index (χ4n) is 2.81. The van der Waals surface area contributed by atoms with E-state index in [2.05, 4.69) is 15.8 Å². The van der Waals surface area contributed by atoms with Crippen LogP contribution in [0.25, 0.3) is 0 Å². The van der Waals surface area contributed by atoms with E-state index in [1.54, 1.807) is 30.3 Å². The zero-order valence-electron chi connectivity index (χ0n) is 13.8. The van der Waals surface area contributed by atoms with E-state index in [1.165, 1.54) is 6.07 Å². The Morgan fingerprint density at radius 2 is 1.96 bits per heavy atom. The molecule has 0 aromatic heterocycles. The summed E-state index contributed by atoms with van der Waals surface area (Å²) in [6.07, 6.45) is 1.26. The summed E-state index contributed by atoms with van der Waals surface area (Å²) in [5.41, 5.74) is 5.11. The van der Waals surface area contributed by atoms with Crippen molar-refractivity contribution in [2.45, 2.75) is 19.8 Å². The molecule has 0 bridgehead atoms. The summed E-state index contributed by atoms with van der Waals surface area (Å²) in [5.74, 6) is -0.410. The quantitative estimate of drug-likeness (QED) is 0.801. The molecule has 0 saturated carbocycles. The van der Waals surface area contributed by atoms with Crippen LogP contribution < -0.4 is 10.7 Å². The molecule has 2 aromatic rings. The average molecular weight is 337 g/mol. The number of phenols is 1. The number of para-hydroxylation sites is 1. The number of carbonyl (C=O) groups is 2. The van der Waals surface area contributed by atoms with Crippen LogP contribution in [-0.4, -0.2) is 22.6 Å². The van der Waals surface area contributed by atoms with Gasteiger partial charge in [-0.15, -0.1) is 0 Å². The van der Waals surface area contributed by atoms with Crippen LogP contribution in [0, 0.1) is 5.92 Å². The lowest BCUT2D eigenvalue weighted by Crippen LogP contribution is -2.33. The number of anilines is 1. The molecule has 0 radical (unpaired) electrons. The SMILES string of the molecule is CCC1CC(=O)NN=C1c1ccc(NC(=O)c2ccccc2O)cc1. The second-order valence-corrected chi connectivity index (χ2v) is 5.89. The van der Waals surface area contributed by atoms with Crippen LogP contribution in [0.2, 0.25) is 0 Å². The van der Waals surface area contributed by atoms with Gasteiger partial charge in [-0.1, -0.05) is 31.2 Å². The minimum absolute atomic E-state index is 0.0605. The van der Waals surface area contributed by atoms with Crippen molar-refractivity contribution in [2.24, 2.45) is 11.0 Å². The number of benzene rings is 2. The third-order valence-corrected chi connectivity index (χ3v) is 4.20. The van der Waals surface area contributed by atoms with Crippen molar-refractivity contribution in [1.29, 1.82) is 0 Å². The highest BCUT2D eigenvalue weighted by molar-refractivity contribution is 6.08. The Bertz CT molecular complexity index is 828. The van der Waals surface area contributed by atoms with Gasteiger partial charge in [-0.3, -0.25) is 9.59 Å². The molecular weight excluding hydrogens is 318 g/mol. The average Bonchev–Trinajstić information content (AvgIpc) is 2.62. The topological polar surface area (TPSA) is 90.8 Å². The molecule has 3 rings (SSSR count). The van der Waals surface area contributed by atoms with Crippen LogP contribution in [0.4, 0.5) is 5.69 Å². The van der Waals surface area contributed by atoms with Crippen LogP contribution >= 0.6 is 0 Å². The van der Waals surface area contributed by atoms with Crippen molar-refractivity contribution in [3.05, 3.63) is 59.7 Å². The molecule has 3 N–H and O–H groups in total. The van der Waals surface area contributed by atoms with Crippen molar-refractivity contribution in [2.75, 3.05) is 5.32 Å². The van der Waals surface area contributed by atoms with E-state index in [-0.39, 0.29) is 29.0 Å². The molecule has 6 heteroatoms. The maximum absolute atomic E-state index is 12.2. The highest BCUT2D eigenvalue weighted by atomic mass is 16.3. The lowest BCUT2D eigenvalue weighted by Gasteiger charge is -2.21. The minimum atomic E-state index is -0.375. The Morgan fingerprint density at radius 1 is 1.24 bits per heavy atom. The Balaban J connectivity index is 1.75. The highest BCUT2D eigenvalue weighted by Crippen LogP contribution is 2.22. The van der Waals surface area contributed by atoms with Crippen LogP contribution in [0.3, 0.4) is 0 Å². The molecule has 2 aromatic carbocycles. The molecule has 0 saturated heterocycles. The van der Waals surface area contributed by atoms with Crippen LogP contribution in [0.1, 0.15) is 35.7 Å². The molecule has 0 aliphatic carbocycles. The maximum Gasteiger partial charge on any atom is 0.259 e. The number of carbonyl (C=O) groups excluding carboxylic acids is 2. The van der Waals surface area contributed by atoms with E-state index in [1.807, 2.05) is 19.1 Å². The predicted molar refractivity (Wildman–Crippen MR) is 95.6 cm³/mol. The van der Waals surface area contributed by atoms with Gasteiger partial charge in [0.1, 0.15) is 5.75 Å². The summed E-state index contributed by atoms with van der Waals surface area (Å²) >= 11 is 0. The standard InChI is InChI=1S/C19H19N3O3/c1-2-12-11-17(24)21-22-18(12)13-7-9-14(10-8-13)20-19(25)15-5-3-4-6-16(15)23/h3-10,12,23H,2,11H2,1H3,(H,20,25)(H,21,24). The predicted octanol–water partition coefficient (Wildman–Crippen LogP) is 2.89.